The highest BCUT2D eigenvalue weighted by Crippen LogP contribution is 2.14. The predicted molar refractivity (Wildman–Crippen MR) is 113 cm³/mol. The van der Waals surface area contributed by atoms with Crippen molar-refractivity contribution in [2.75, 3.05) is 27.4 Å². The molecular formula is C23H32N2O5. The summed E-state index contributed by atoms with van der Waals surface area (Å²) in [4.78, 5) is 30.4. The van der Waals surface area contributed by atoms with Crippen LogP contribution in [0.4, 0.5) is 0 Å². The molecule has 0 bridgehead atoms. The largest absolute Gasteiger partial charge is 0.464 e. The molecule has 0 atom stereocenters. The number of methoxy groups -OCH3 is 2. The van der Waals surface area contributed by atoms with Gasteiger partial charge in [-0.05, 0) is 37.0 Å². The Balaban J connectivity index is 2.04. The maximum atomic E-state index is 13.1. The number of carbonyl (C=O) groups is 2. The van der Waals surface area contributed by atoms with Crippen molar-refractivity contribution in [1.82, 2.24) is 9.88 Å². The number of aryl methyl sites for hydroxylation is 1. The lowest BCUT2D eigenvalue weighted by Gasteiger charge is -2.21. The highest BCUT2D eigenvalue weighted by atomic mass is 16.5. The number of oxazole rings is 1. The molecule has 0 spiro atoms. The predicted octanol–water partition coefficient (Wildman–Crippen LogP) is 4.26. The monoisotopic (exact) mass is 416 g/mol. The molecule has 0 N–H and O–H groups in total. The number of carbonyl (C=O) groups excluding carboxylic acids is 2. The maximum absolute atomic E-state index is 13.1. The Kier molecular flexibility index (Phi) is 10.1. The van der Waals surface area contributed by atoms with Gasteiger partial charge >= 0.3 is 5.97 Å². The van der Waals surface area contributed by atoms with Gasteiger partial charge in [-0.1, -0.05) is 38.3 Å². The van der Waals surface area contributed by atoms with Crippen LogP contribution in [-0.4, -0.2) is 49.1 Å². The summed E-state index contributed by atoms with van der Waals surface area (Å²) in [6, 6.07) is 7.78. The smallest absolute Gasteiger partial charge is 0.360 e. The molecule has 1 heterocycles. The second-order valence-corrected chi connectivity index (χ2v) is 7.20. The van der Waals surface area contributed by atoms with E-state index in [-0.39, 0.29) is 24.0 Å². The van der Waals surface area contributed by atoms with Gasteiger partial charge in [0.1, 0.15) is 6.26 Å². The molecule has 0 saturated carbocycles. The van der Waals surface area contributed by atoms with Crippen LogP contribution in [0.5, 0.6) is 0 Å². The second kappa shape index (κ2) is 12.8. The summed E-state index contributed by atoms with van der Waals surface area (Å²) in [5, 5.41) is 0. The maximum Gasteiger partial charge on any atom is 0.360 e. The van der Waals surface area contributed by atoms with Crippen molar-refractivity contribution in [2.45, 2.75) is 52.0 Å². The van der Waals surface area contributed by atoms with Gasteiger partial charge in [0.15, 0.2) is 5.69 Å². The Morgan fingerprint density at radius 1 is 1.07 bits per heavy atom. The van der Waals surface area contributed by atoms with Crippen molar-refractivity contribution in [3.63, 3.8) is 0 Å². The van der Waals surface area contributed by atoms with E-state index >= 15 is 0 Å². The first-order valence-corrected chi connectivity index (χ1v) is 10.5. The van der Waals surface area contributed by atoms with Crippen LogP contribution in [0, 0.1) is 0 Å². The summed E-state index contributed by atoms with van der Waals surface area (Å²) in [6.07, 6.45) is 7.82. The van der Waals surface area contributed by atoms with Gasteiger partial charge in [-0.3, -0.25) is 4.79 Å². The Morgan fingerprint density at radius 3 is 2.50 bits per heavy atom. The van der Waals surface area contributed by atoms with Gasteiger partial charge in [0.2, 0.25) is 5.89 Å². The molecular weight excluding hydrogens is 384 g/mol. The number of hydrogen-bond donors (Lipinski definition) is 0. The number of unbranched alkanes of at least 4 members (excludes halogenated alkanes) is 3. The van der Waals surface area contributed by atoms with Crippen LogP contribution in [0.3, 0.4) is 0 Å². The van der Waals surface area contributed by atoms with E-state index in [1.54, 1.807) is 12.0 Å². The van der Waals surface area contributed by atoms with E-state index in [2.05, 4.69) is 16.6 Å². The van der Waals surface area contributed by atoms with Crippen molar-refractivity contribution in [3.8, 4) is 0 Å². The Bertz CT molecular complexity index is 785. The first-order valence-electron chi connectivity index (χ1n) is 10.5. The van der Waals surface area contributed by atoms with Crippen molar-refractivity contribution in [2.24, 2.45) is 0 Å². The average Bonchev–Trinajstić information content (AvgIpc) is 3.24. The third-order valence-electron chi connectivity index (χ3n) is 4.86. The molecule has 2 rings (SSSR count). The van der Waals surface area contributed by atoms with Gasteiger partial charge in [0.05, 0.1) is 13.7 Å². The topological polar surface area (TPSA) is 81.9 Å². The fourth-order valence-corrected chi connectivity index (χ4v) is 3.15. The molecule has 7 heteroatoms. The number of aromatic nitrogens is 1. The van der Waals surface area contributed by atoms with Crippen LogP contribution < -0.4 is 0 Å². The lowest BCUT2D eigenvalue weighted by atomic mass is 10.0. The molecule has 0 saturated heterocycles. The van der Waals surface area contributed by atoms with Crippen molar-refractivity contribution < 1.29 is 23.5 Å². The summed E-state index contributed by atoms with van der Waals surface area (Å²) < 4.78 is 15.1. The van der Waals surface area contributed by atoms with Crippen LogP contribution >= 0.6 is 0 Å². The standard InChI is InChI=1S/C23H32N2O5/c1-4-5-6-7-9-18-10-12-19(13-11-18)22(26)25(14-8-15-28-2)16-21-24-20(17-30-21)23(27)29-3/h10-13,17H,4-9,14-16H2,1-3H3. The lowest BCUT2D eigenvalue weighted by Crippen LogP contribution is -2.32. The summed E-state index contributed by atoms with van der Waals surface area (Å²) in [5.41, 5.74) is 1.94. The first kappa shape index (κ1) is 23.6. The SMILES string of the molecule is CCCCCCc1ccc(C(=O)N(CCCOC)Cc2nc(C(=O)OC)co2)cc1. The van der Waals surface area contributed by atoms with E-state index in [1.165, 1.54) is 38.2 Å². The zero-order valence-electron chi connectivity index (χ0n) is 18.2. The molecule has 0 radical (unpaired) electrons. The molecule has 0 unspecified atom stereocenters. The van der Waals surface area contributed by atoms with E-state index in [9.17, 15) is 9.59 Å². The van der Waals surface area contributed by atoms with Gasteiger partial charge in [0.25, 0.3) is 5.91 Å². The molecule has 30 heavy (non-hydrogen) atoms. The number of rotatable bonds is 13. The number of ether oxygens (including phenoxy) is 2. The average molecular weight is 417 g/mol. The van der Waals surface area contributed by atoms with E-state index in [0.717, 1.165) is 12.8 Å². The zero-order chi connectivity index (χ0) is 21.8. The second-order valence-electron chi connectivity index (χ2n) is 7.20. The minimum Gasteiger partial charge on any atom is -0.464 e. The van der Waals surface area contributed by atoms with Gasteiger partial charge in [0, 0.05) is 25.8 Å². The summed E-state index contributed by atoms with van der Waals surface area (Å²) in [6.45, 7) is 3.40. The Labute approximate surface area is 178 Å². The molecule has 0 aliphatic heterocycles. The van der Waals surface area contributed by atoms with Gasteiger partial charge in [-0.2, -0.15) is 0 Å². The third kappa shape index (κ3) is 7.30. The molecule has 2 aromatic rings. The van der Waals surface area contributed by atoms with E-state index in [0.29, 0.717) is 25.1 Å². The summed E-state index contributed by atoms with van der Waals surface area (Å²) >= 11 is 0. The lowest BCUT2D eigenvalue weighted by molar-refractivity contribution is 0.0594. The minimum atomic E-state index is -0.572. The zero-order valence-corrected chi connectivity index (χ0v) is 18.2. The molecule has 1 aromatic carbocycles. The number of nitrogens with zero attached hydrogens (tertiary/aromatic N) is 2. The van der Waals surface area contributed by atoms with Crippen molar-refractivity contribution >= 4 is 11.9 Å². The quantitative estimate of drug-likeness (QED) is 0.358. The number of hydrogen-bond acceptors (Lipinski definition) is 6. The minimum absolute atomic E-state index is 0.0872. The van der Waals surface area contributed by atoms with Crippen LogP contribution in [0.2, 0.25) is 0 Å². The molecule has 0 aliphatic carbocycles. The molecule has 0 fully saturated rings. The van der Waals surface area contributed by atoms with Crippen LogP contribution in [0.1, 0.15) is 71.3 Å². The number of esters is 1. The van der Waals surface area contributed by atoms with Gasteiger partial charge < -0.3 is 18.8 Å². The molecule has 164 valence electrons. The fraction of sp³-hybridized carbons (Fsp3) is 0.522. The number of benzene rings is 1. The number of amides is 1. The van der Waals surface area contributed by atoms with E-state index in [1.807, 2.05) is 24.3 Å². The summed E-state index contributed by atoms with van der Waals surface area (Å²) in [7, 11) is 2.91. The highest BCUT2D eigenvalue weighted by Gasteiger charge is 2.20. The highest BCUT2D eigenvalue weighted by molar-refractivity contribution is 5.94. The Morgan fingerprint density at radius 2 is 1.83 bits per heavy atom. The van der Waals surface area contributed by atoms with Gasteiger partial charge in [-0.25, -0.2) is 9.78 Å². The normalized spacial score (nSPS) is 10.8. The Hall–Kier alpha value is -2.67. The van der Waals surface area contributed by atoms with Crippen LogP contribution in [0.25, 0.3) is 0 Å². The van der Waals surface area contributed by atoms with E-state index < -0.39 is 5.97 Å². The third-order valence-corrected chi connectivity index (χ3v) is 4.86. The first-order chi connectivity index (χ1) is 14.6. The van der Waals surface area contributed by atoms with Crippen LogP contribution in [0.15, 0.2) is 34.9 Å². The molecule has 7 nitrogen and oxygen atoms in total. The summed E-state index contributed by atoms with van der Waals surface area (Å²) in [5.74, 6) is -0.396. The van der Waals surface area contributed by atoms with Gasteiger partial charge in [-0.15, -0.1) is 0 Å². The molecule has 1 amide bonds. The van der Waals surface area contributed by atoms with Crippen LogP contribution in [-0.2, 0) is 22.4 Å². The fourth-order valence-electron chi connectivity index (χ4n) is 3.15. The van der Waals surface area contributed by atoms with Crippen molar-refractivity contribution in [3.05, 3.63) is 53.2 Å². The molecule has 1 aromatic heterocycles. The molecule has 0 aliphatic rings. The van der Waals surface area contributed by atoms with Crippen molar-refractivity contribution in [1.29, 1.82) is 0 Å². The van der Waals surface area contributed by atoms with E-state index in [4.69, 9.17) is 9.15 Å².